The molecule has 3 aliphatic rings. The first-order valence-electron chi connectivity index (χ1n) is 9.18. The van der Waals surface area contributed by atoms with Gasteiger partial charge in [0.25, 0.3) is 0 Å². The summed E-state index contributed by atoms with van der Waals surface area (Å²) in [5.74, 6) is -0.430. The molecule has 140 valence electrons. The molecular weight excluding hydrogens is 332 g/mol. The molecule has 1 aromatic carbocycles. The average Bonchev–Trinajstić information content (AvgIpc) is 3.32. The SMILES string of the molecule is C=Cc1c(C)cc(O)c2c1C(O)C(O)C1C(C)(C(=O)OC)CCC3CC231. The van der Waals surface area contributed by atoms with Crippen LogP contribution in [-0.4, -0.2) is 34.5 Å². The number of rotatable bonds is 2. The number of hydrogen-bond acceptors (Lipinski definition) is 5. The number of phenols is 1. The summed E-state index contributed by atoms with van der Waals surface area (Å²) in [5.41, 5.74) is 1.43. The number of aliphatic hydroxyl groups excluding tert-OH is 2. The number of carbonyl (C=O) groups is 1. The molecule has 5 heteroatoms. The molecule has 26 heavy (non-hydrogen) atoms. The molecule has 4 rings (SSSR count). The lowest BCUT2D eigenvalue weighted by Crippen LogP contribution is -2.56. The van der Waals surface area contributed by atoms with Gasteiger partial charge in [0.05, 0.1) is 18.6 Å². The van der Waals surface area contributed by atoms with Crippen LogP contribution in [0.3, 0.4) is 0 Å². The van der Waals surface area contributed by atoms with E-state index in [2.05, 4.69) is 6.58 Å². The Morgan fingerprint density at radius 2 is 2.12 bits per heavy atom. The molecule has 1 aromatic rings. The van der Waals surface area contributed by atoms with Crippen LogP contribution in [0.2, 0.25) is 0 Å². The fourth-order valence-corrected chi connectivity index (χ4v) is 6.15. The van der Waals surface area contributed by atoms with E-state index in [4.69, 9.17) is 4.74 Å². The Hall–Kier alpha value is -1.85. The van der Waals surface area contributed by atoms with Gasteiger partial charge in [-0.05, 0) is 61.8 Å². The predicted molar refractivity (Wildman–Crippen MR) is 96.5 cm³/mol. The van der Waals surface area contributed by atoms with Gasteiger partial charge in [-0.25, -0.2) is 0 Å². The second-order valence-electron chi connectivity index (χ2n) is 8.42. The van der Waals surface area contributed by atoms with Crippen LogP contribution in [0.5, 0.6) is 5.75 Å². The van der Waals surface area contributed by atoms with Crippen molar-refractivity contribution in [2.45, 2.75) is 50.7 Å². The zero-order chi connectivity index (χ0) is 19.0. The number of carbonyl (C=O) groups excluding carboxylic acids is 1. The van der Waals surface area contributed by atoms with Crippen molar-refractivity contribution in [3.05, 3.63) is 34.9 Å². The van der Waals surface area contributed by atoms with E-state index >= 15 is 0 Å². The summed E-state index contributed by atoms with van der Waals surface area (Å²) in [6, 6.07) is 1.70. The highest BCUT2D eigenvalue weighted by Crippen LogP contribution is 2.74. The van der Waals surface area contributed by atoms with Crippen LogP contribution in [-0.2, 0) is 14.9 Å². The largest absolute Gasteiger partial charge is 0.508 e. The lowest BCUT2D eigenvalue weighted by molar-refractivity contribution is -0.170. The molecule has 0 saturated heterocycles. The lowest BCUT2D eigenvalue weighted by Gasteiger charge is -2.51. The maximum Gasteiger partial charge on any atom is 0.311 e. The van der Waals surface area contributed by atoms with Crippen molar-refractivity contribution in [1.29, 1.82) is 0 Å². The molecule has 0 aromatic heterocycles. The van der Waals surface area contributed by atoms with Gasteiger partial charge in [-0.2, -0.15) is 0 Å². The number of aromatic hydroxyl groups is 1. The molecule has 6 unspecified atom stereocenters. The smallest absolute Gasteiger partial charge is 0.311 e. The highest BCUT2D eigenvalue weighted by atomic mass is 16.5. The zero-order valence-electron chi connectivity index (χ0n) is 15.5. The number of esters is 1. The van der Waals surface area contributed by atoms with Crippen LogP contribution in [0.4, 0.5) is 0 Å². The molecule has 0 aliphatic heterocycles. The second-order valence-corrected chi connectivity index (χ2v) is 8.42. The van der Waals surface area contributed by atoms with Gasteiger partial charge in [-0.15, -0.1) is 0 Å². The number of hydrogen-bond donors (Lipinski definition) is 3. The topological polar surface area (TPSA) is 87.0 Å². The molecule has 3 N–H and O–H groups in total. The standard InChI is InChI=1S/C21H26O5/c1-5-12-10(2)8-13(22)15-14(12)16(23)17(24)18-20(3,19(25)26-4)7-6-11-9-21(11,15)18/h5,8,11,16-18,22-24H,1,6-7,9H2,2-4H3. The van der Waals surface area contributed by atoms with Crippen LogP contribution in [0, 0.1) is 24.2 Å². The Morgan fingerprint density at radius 3 is 2.73 bits per heavy atom. The Balaban J connectivity index is 2.01. The fourth-order valence-electron chi connectivity index (χ4n) is 6.15. The number of aryl methyl sites for hydroxylation is 1. The monoisotopic (exact) mass is 358 g/mol. The molecule has 0 radical (unpaired) electrons. The van der Waals surface area contributed by atoms with Crippen molar-refractivity contribution >= 4 is 12.0 Å². The first kappa shape index (κ1) is 17.6. The third-order valence-corrected chi connectivity index (χ3v) is 7.28. The van der Waals surface area contributed by atoms with Crippen molar-refractivity contribution < 1.29 is 24.9 Å². The van der Waals surface area contributed by atoms with Gasteiger partial charge < -0.3 is 20.1 Å². The first-order valence-corrected chi connectivity index (χ1v) is 9.18. The summed E-state index contributed by atoms with van der Waals surface area (Å²) in [7, 11) is 1.36. The van der Waals surface area contributed by atoms with E-state index in [1.54, 1.807) is 12.1 Å². The number of benzene rings is 1. The van der Waals surface area contributed by atoms with E-state index in [1.807, 2.05) is 13.8 Å². The molecule has 3 aliphatic carbocycles. The quantitative estimate of drug-likeness (QED) is 0.708. The van der Waals surface area contributed by atoms with Crippen LogP contribution in [0.25, 0.3) is 6.08 Å². The summed E-state index contributed by atoms with van der Waals surface area (Å²) in [4.78, 5) is 12.6. The summed E-state index contributed by atoms with van der Waals surface area (Å²) in [6.45, 7) is 7.52. The van der Waals surface area contributed by atoms with E-state index < -0.39 is 29.0 Å². The molecule has 2 fully saturated rings. The molecule has 0 heterocycles. The van der Waals surface area contributed by atoms with E-state index in [1.165, 1.54) is 7.11 Å². The minimum absolute atomic E-state index is 0.135. The molecule has 6 atom stereocenters. The van der Waals surface area contributed by atoms with E-state index in [0.29, 0.717) is 17.5 Å². The summed E-state index contributed by atoms with van der Waals surface area (Å²) >= 11 is 0. The number of fused-ring (bicyclic) bond motifs is 1. The summed E-state index contributed by atoms with van der Waals surface area (Å²) < 4.78 is 5.06. The summed E-state index contributed by atoms with van der Waals surface area (Å²) in [5, 5.41) is 32.9. The van der Waals surface area contributed by atoms with E-state index in [0.717, 1.165) is 24.0 Å². The average molecular weight is 358 g/mol. The van der Waals surface area contributed by atoms with Crippen molar-refractivity contribution in [3.63, 3.8) is 0 Å². The number of aliphatic hydroxyl groups is 2. The Kier molecular flexibility index (Phi) is 3.60. The molecular formula is C21H26O5. The van der Waals surface area contributed by atoms with E-state index in [-0.39, 0.29) is 17.6 Å². The van der Waals surface area contributed by atoms with Crippen molar-refractivity contribution in [1.82, 2.24) is 0 Å². The lowest BCUT2D eigenvalue weighted by atomic mass is 9.53. The highest BCUT2D eigenvalue weighted by molar-refractivity contribution is 5.79. The van der Waals surface area contributed by atoms with Gasteiger partial charge in [0.2, 0.25) is 0 Å². The van der Waals surface area contributed by atoms with Gasteiger partial charge in [0, 0.05) is 16.9 Å². The van der Waals surface area contributed by atoms with Gasteiger partial charge >= 0.3 is 5.97 Å². The first-order chi connectivity index (χ1) is 12.2. The molecule has 0 bridgehead atoms. The highest BCUT2D eigenvalue weighted by Gasteiger charge is 2.74. The van der Waals surface area contributed by atoms with Gasteiger partial charge in [-0.1, -0.05) is 12.7 Å². The van der Waals surface area contributed by atoms with Gasteiger partial charge in [-0.3, -0.25) is 4.79 Å². The van der Waals surface area contributed by atoms with Crippen molar-refractivity contribution in [3.8, 4) is 5.75 Å². The minimum Gasteiger partial charge on any atom is -0.508 e. The predicted octanol–water partition coefficient (Wildman–Crippen LogP) is 2.60. The third kappa shape index (κ3) is 1.85. The van der Waals surface area contributed by atoms with Crippen molar-refractivity contribution in [2.24, 2.45) is 17.3 Å². The third-order valence-electron chi connectivity index (χ3n) is 7.28. The van der Waals surface area contributed by atoms with Crippen LogP contribution in [0.1, 0.15) is 54.5 Å². The normalized spacial score (nSPS) is 40.0. The second kappa shape index (κ2) is 5.33. The van der Waals surface area contributed by atoms with Crippen LogP contribution < -0.4 is 0 Å². The molecule has 2 saturated carbocycles. The van der Waals surface area contributed by atoms with E-state index in [9.17, 15) is 20.1 Å². The maximum absolute atomic E-state index is 12.6. The number of methoxy groups -OCH3 is 1. The minimum atomic E-state index is -1.18. The summed E-state index contributed by atoms with van der Waals surface area (Å²) in [6.07, 6.45) is 1.63. The number of phenolic OH excluding ortho intramolecular Hbond substituents is 1. The Morgan fingerprint density at radius 1 is 1.42 bits per heavy atom. The molecule has 1 spiro atoms. The van der Waals surface area contributed by atoms with Crippen LogP contribution >= 0.6 is 0 Å². The van der Waals surface area contributed by atoms with Crippen LogP contribution in [0.15, 0.2) is 12.6 Å². The molecule has 5 nitrogen and oxygen atoms in total. The zero-order valence-corrected chi connectivity index (χ0v) is 15.5. The van der Waals surface area contributed by atoms with Crippen molar-refractivity contribution in [2.75, 3.05) is 7.11 Å². The van der Waals surface area contributed by atoms with Gasteiger partial charge in [0.15, 0.2) is 0 Å². The number of ether oxygens (including phenoxy) is 1. The Labute approximate surface area is 153 Å². The fraction of sp³-hybridized carbons (Fsp3) is 0.571. The molecule has 0 amide bonds. The Bertz CT molecular complexity index is 815. The van der Waals surface area contributed by atoms with Gasteiger partial charge in [0.1, 0.15) is 11.9 Å². The maximum atomic E-state index is 12.6.